The molecule has 0 N–H and O–H groups in total. The molecule has 0 unspecified atom stereocenters. The maximum absolute atomic E-state index is 4.64. The molecule has 0 aliphatic heterocycles. The first-order valence-electron chi connectivity index (χ1n) is 6.40. The summed E-state index contributed by atoms with van der Waals surface area (Å²) in [5, 5.41) is 0. The maximum Gasteiger partial charge on any atom is 0.160 e. The van der Waals surface area contributed by atoms with Crippen molar-refractivity contribution in [3.8, 4) is 22.5 Å². The quantitative estimate of drug-likeness (QED) is 0.628. The van der Waals surface area contributed by atoms with E-state index in [1.807, 2.05) is 55.5 Å². The van der Waals surface area contributed by atoms with Crippen molar-refractivity contribution >= 4 is 15.9 Å². The van der Waals surface area contributed by atoms with Crippen LogP contribution in [0.4, 0.5) is 0 Å². The average molecular weight is 325 g/mol. The number of halogens is 1. The minimum atomic E-state index is 0.745. The molecule has 1 aromatic heterocycles. The third kappa shape index (κ3) is 2.49. The number of nitrogens with zero attached hydrogens (tertiary/aromatic N) is 2. The Bertz CT molecular complexity index is 701. The van der Waals surface area contributed by atoms with Crippen molar-refractivity contribution in [1.29, 1.82) is 0 Å². The van der Waals surface area contributed by atoms with Gasteiger partial charge in [-0.15, -0.1) is 0 Å². The van der Waals surface area contributed by atoms with Gasteiger partial charge >= 0.3 is 0 Å². The van der Waals surface area contributed by atoms with E-state index in [-0.39, 0.29) is 0 Å². The summed E-state index contributed by atoms with van der Waals surface area (Å²) in [6.45, 7) is 2.02. The van der Waals surface area contributed by atoms with E-state index in [0.717, 1.165) is 32.8 Å². The van der Waals surface area contributed by atoms with Gasteiger partial charge < -0.3 is 0 Å². The van der Waals surface area contributed by atoms with Gasteiger partial charge in [-0.2, -0.15) is 0 Å². The van der Waals surface area contributed by atoms with Crippen molar-refractivity contribution in [2.75, 3.05) is 0 Å². The van der Waals surface area contributed by atoms with Crippen LogP contribution in [0.1, 0.15) is 5.69 Å². The molecule has 2 nitrogen and oxygen atoms in total. The summed E-state index contributed by atoms with van der Waals surface area (Å²) in [5.74, 6) is 0.745. The molecule has 1 heterocycles. The molecule has 2 aromatic carbocycles. The van der Waals surface area contributed by atoms with E-state index in [2.05, 4.69) is 38.0 Å². The highest BCUT2D eigenvalue weighted by Gasteiger charge is 2.12. The second kappa shape index (κ2) is 5.55. The first-order valence-corrected chi connectivity index (χ1v) is 7.20. The van der Waals surface area contributed by atoms with Crippen LogP contribution in [0.2, 0.25) is 0 Å². The Hall–Kier alpha value is -2.00. The van der Waals surface area contributed by atoms with Crippen molar-refractivity contribution < 1.29 is 0 Å². The highest BCUT2D eigenvalue weighted by Crippen LogP contribution is 2.30. The summed E-state index contributed by atoms with van der Waals surface area (Å²) in [6, 6.07) is 20.2. The van der Waals surface area contributed by atoms with Crippen molar-refractivity contribution in [3.05, 3.63) is 71.0 Å². The molecule has 3 aromatic rings. The Kier molecular flexibility index (Phi) is 3.61. The zero-order chi connectivity index (χ0) is 13.9. The topological polar surface area (TPSA) is 25.8 Å². The van der Waals surface area contributed by atoms with E-state index in [1.54, 1.807) is 0 Å². The van der Waals surface area contributed by atoms with Gasteiger partial charge in [0.1, 0.15) is 4.60 Å². The van der Waals surface area contributed by atoms with Crippen LogP contribution in [-0.2, 0) is 0 Å². The zero-order valence-electron chi connectivity index (χ0n) is 11.0. The molecule has 0 aliphatic carbocycles. The van der Waals surface area contributed by atoms with Crippen molar-refractivity contribution in [2.45, 2.75) is 6.92 Å². The monoisotopic (exact) mass is 324 g/mol. The van der Waals surface area contributed by atoms with Gasteiger partial charge in [-0.3, -0.25) is 0 Å². The van der Waals surface area contributed by atoms with Crippen LogP contribution in [0.3, 0.4) is 0 Å². The molecule has 0 bridgehead atoms. The molecule has 0 amide bonds. The van der Waals surface area contributed by atoms with Gasteiger partial charge in [0.05, 0.1) is 5.69 Å². The summed E-state index contributed by atoms with van der Waals surface area (Å²) < 4.78 is 0.829. The average Bonchev–Trinajstić information content (AvgIpc) is 2.48. The van der Waals surface area contributed by atoms with Crippen LogP contribution in [0.5, 0.6) is 0 Å². The number of aryl methyl sites for hydroxylation is 1. The SMILES string of the molecule is Cc1nc(-c2ccccc2)nc(Br)c1-c1ccccc1. The van der Waals surface area contributed by atoms with E-state index in [9.17, 15) is 0 Å². The number of rotatable bonds is 2. The summed E-state index contributed by atoms with van der Waals surface area (Å²) in [6.07, 6.45) is 0. The standard InChI is InChI=1S/C17H13BrN2/c1-12-15(13-8-4-2-5-9-13)16(18)20-17(19-12)14-10-6-3-7-11-14/h2-11H,1H3. The van der Waals surface area contributed by atoms with Crippen molar-refractivity contribution in [2.24, 2.45) is 0 Å². The third-order valence-electron chi connectivity index (χ3n) is 3.14. The second-order valence-corrected chi connectivity index (χ2v) is 5.28. The lowest BCUT2D eigenvalue weighted by Crippen LogP contribution is -1.97. The third-order valence-corrected chi connectivity index (χ3v) is 3.71. The Morgan fingerprint density at radius 2 is 1.30 bits per heavy atom. The molecule has 3 heteroatoms. The molecule has 0 fully saturated rings. The molecule has 3 rings (SSSR count). The lowest BCUT2D eigenvalue weighted by molar-refractivity contribution is 1.09. The van der Waals surface area contributed by atoms with Gasteiger partial charge in [-0.25, -0.2) is 9.97 Å². The molecule has 0 spiro atoms. The summed E-state index contributed by atoms with van der Waals surface area (Å²) in [5.41, 5.74) is 4.16. The van der Waals surface area contributed by atoms with E-state index in [1.165, 1.54) is 0 Å². The number of benzene rings is 2. The predicted octanol–water partition coefficient (Wildman–Crippen LogP) is 4.88. The maximum atomic E-state index is 4.64. The van der Waals surface area contributed by atoms with Crippen LogP contribution in [0.15, 0.2) is 65.3 Å². The number of hydrogen-bond acceptors (Lipinski definition) is 2. The molecule has 0 radical (unpaired) electrons. The van der Waals surface area contributed by atoms with Gasteiger partial charge in [0.15, 0.2) is 5.82 Å². The summed E-state index contributed by atoms with van der Waals surface area (Å²) in [7, 11) is 0. The van der Waals surface area contributed by atoms with Crippen LogP contribution in [0.25, 0.3) is 22.5 Å². The Morgan fingerprint density at radius 1 is 0.750 bits per heavy atom. The zero-order valence-corrected chi connectivity index (χ0v) is 12.6. The van der Waals surface area contributed by atoms with E-state index in [0.29, 0.717) is 0 Å². The van der Waals surface area contributed by atoms with Crippen LogP contribution in [0, 0.1) is 6.92 Å². The normalized spacial score (nSPS) is 10.5. The molecule has 98 valence electrons. The van der Waals surface area contributed by atoms with Gasteiger partial charge in [0, 0.05) is 11.1 Å². The highest BCUT2D eigenvalue weighted by molar-refractivity contribution is 9.10. The van der Waals surface area contributed by atoms with Gasteiger partial charge in [0.25, 0.3) is 0 Å². The van der Waals surface area contributed by atoms with Crippen LogP contribution >= 0.6 is 15.9 Å². The fraction of sp³-hybridized carbons (Fsp3) is 0.0588. The first kappa shape index (κ1) is 13.0. The fourth-order valence-corrected chi connectivity index (χ4v) is 2.87. The van der Waals surface area contributed by atoms with E-state index in [4.69, 9.17) is 0 Å². The largest absolute Gasteiger partial charge is 0.233 e. The van der Waals surface area contributed by atoms with Gasteiger partial charge in [-0.05, 0) is 28.4 Å². The molecule has 0 atom stereocenters. The Labute approximate surface area is 126 Å². The fourth-order valence-electron chi connectivity index (χ4n) is 2.19. The van der Waals surface area contributed by atoms with Gasteiger partial charge in [-0.1, -0.05) is 60.7 Å². The van der Waals surface area contributed by atoms with Crippen LogP contribution in [-0.4, -0.2) is 9.97 Å². The van der Waals surface area contributed by atoms with E-state index >= 15 is 0 Å². The smallest absolute Gasteiger partial charge is 0.160 e. The Balaban J connectivity index is 2.13. The lowest BCUT2D eigenvalue weighted by Gasteiger charge is -2.10. The van der Waals surface area contributed by atoms with Crippen molar-refractivity contribution in [3.63, 3.8) is 0 Å². The molecule has 0 saturated carbocycles. The van der Waals surface area contributed by atoms with Crippen molar-refractivity contribution in [1.82, 2.24) is 9.97 Å². The highest BCUT2D eigenvalue weighted by atomic mass is 79.9. The Morgan fingerprint density at radius 3 is 1.85 bits per heavy atom. The molecular weight excluding hydrogens is 312 g/mol. The predicted molar refractivity (Wildman–Crippen MR) is 85.3 cm³/mol. The van der Waals surface area contributed by atoms with E-state index < -0.39 is 0 Å². The number of hydrogen-bond donors (Lipinski definition) is 0. The molecule has 0 aliphatic rings. The minimum absolute atomic E-state index is 0.745. The minimum Gasteiger partial charge on any atom is -0.233 e. The van der Waals surface area contributed by atoms with Gasteiger partial charge in [0.2, 0.25) is 0 Å². The molecule has 20 heavy (non-hydrogen) atoms. The lowest BCUT2D eigenvalue weighted by atomic mass is 10.1. The summed E-state index contributed by atoms with van der Waals surface area (Å²) in [4.78, 5) is 9.23. The molecule has 0 saturated heterocycles. The van der Waals surface area contributed by atoms with Crippen LogP contribution < -0.4 is 0 Å². The first-order chi connectivity index (χ1) is 9.75. The number of aromatic nitrogens is 2. The second-order valence-electron chi connectivity index (χ2n) is 4.53. The molecular formula is C17H13BrN2. The summed E-state index contributed by atoms with van der Waals surface area (Å²) >= 11 is 3.58.